The molecule has 1 heterocycles. The quantitative estimate of drug-likeness (QED) is 0.442. The number of nitrogens with zero attached hydrogens (tertiary/aromatic N) is 2. The van der Waals surface area contributed by atoms with Gasteiger partial charge in [-0.15, -0.1) is 11.1 Å². The van der Waals surface area contributed by atoms with E-state index in [1.54, 1.807) is 0 Å². The lowest BCUT2D eigenvalue weighted by molar-refractivity contribution is 0.210. The van der Waals surface area contributed by atoms with E-state index in [0.29, 0.717) is 0 Å². The van der Waals surface area contributed by atoms with Crippen LogP contribution >= 0.6 is 11.1 Å². The minimum absolute atomic E-state index is 0.734. The van der Waals surface area contributed by atoms with Gasteiger partial charge < -0.3 is 0 Å². The van der Waals surface area contributed by atoms with Gasteiger partial charge in [0.15, 0.2) is 0 Å². The Hall–Kier alpha value is 0.167. The van der Waals surface area contributed by atoms with Crippen LogP contribution < -0.4 is 0 Å². The van der Waals surface area contributed by atoms with Gasteiger partial charge in [0.1, 0.15) is 0 Å². The van der Waals surface area contributed by atoms with E-state index in [-0.39, 0.29) is 0 Å². The summed E-state index contributed by atoms with van der Waals surface area (Å²) < 4.78 is 5.36. The minimum Gasteiger partial charge on any atom is -0.295 e. The highest BCUT2D eigenvalue weighted by Gasteiger charge is 2.57. The summed E-state index contributed by atoms with van der Waals surface area (Å²) in [5.74, 6) is 0. The minimum atomic E-state index is -1.94. The lowest BCUT2D eigenvalue weighted by atomic mass is 9.90. The summed E-state index contributed by atoms with van der Waals surface area (Å²) in [6, 6.07) is 2.54. The molecule has 0 aromatic carbocycles. The second-order valence-electron chi connectivity index (χ2n) is 5.48. The maximum atomic E-state index is 7.20. The SMILES string of the molecule is C/C=C\C[Si]1(Cl)N(CC)[C@H]2CCCC[C@@H]2N1CC. The van der Waals surface area contributed by atoms with Crippen molar-refractivity contribution in [2.45, 2.75) is 64.6 Å². The maximum Gasteiger partial charge on any atom is 0.311 e. The van der Waals surface area contributed by atoms with Crippen molar-refractivity contribution >= 4 is 18.8 Å². The van der Waals surface area contributed by atoms with Crippen molar-refractivity contribution in [1.82, 2.24) is 9.13 Å². The lowest BCUT2D eigenvalue weighted by Crippen LogP contribution is -2.55. The van der Waals surface area contributed by atoms with Gasteiger partial charge >= 0.3 is 7.71 Å². The van der Waals surface area contributed by atoms with Gasteiger partial charge in [0.25, 0.3) is 0 Å². The zero-order valence-electron chi connectivity index (χ0n) is 12.0. The highest BCUT2D eigenvalue weighted by Crippen LogP contribution is 2.43. The van der Waals surface area contributed by atoms with Crippen molar-refractivity contribution in [3.63, 3.8) is 0 Å². The van der Waals surface area contributed by atoms with Crippen molar-refractivity contribution in [2.75, 3.05) is 13.1 Å². The highest BCUT2D eigenvalue weighted by molar-refractivity contribution is 7.17. The topological polar surface area (TPSA) is 6.48 Å². The predicted octanol–water partition coefficient (Wildman–Crippen LogP) is 3.71. The van der Waals surface area contributed by atoms with Gasteiger partial charge in [-0.2, -0.15) is 0 Å². The molecule has 2 nitrogen and oxygen atoms in total. The van der Waals surface area contributed by atoms with Crippen LogP contribution in [-0.2, 0) is 0 Å². The molecule has 0 radical (unpaired) electrons. The van der Waals surface area contributed by atoms with E-state index < -0.39 is 7.71 Å². The fraction of sp³-hybridized carbons (Fsp3) is 0.857. The van der Waals surface area contributed by atoms with E-state index in [0.717, 1.165) is 31.2 Å². The molecule has 104 valence electrons. The molecule has 1 saturated heterocycles. The number of halogens is 1. The molecule has 2 rings (SSSR count). The van der Waals surface area contributed by atoms with Crippen LogP contribution in [0.25, 0.3) is 0 Å². The molecule has 0 bridgehead atoms. The number of hydrogen-bond acceptors (Lipinski definition) is 2. The van der Waals surface area contributed by atoms with Crippen LogP contribution in [0.1, 0.15) is 46.5 Å². The third-order valence-corrected chi connectivity index (χ3v) is 10.2. The van der Waals surface area contributed by atoms with E-state index >= 15 is 0 Å². The van der Waals surface area contributed by atoms with Crippen LogP contribution in [0.2, 0.25) is 6.04 Å². The van der Waals surface area contributed by atoms with Crippen molar-refractivity contribution < 1.29 is 0 Å². The van der Waals surface area contributed by atoms with Gasteiger partial charge in [-0.05, 0) is 32.9 Å². The zero-order chi connectivity index (χ0) is 13.2. The summed E-state index contributed by atoms with van der Waals surface area (Å²) in [5.41, 5.74) is 0. The van der Waals surface area contributed by atoms with Gasteiger partial charge in [-0.25, -0.2) is 0 Å². The Kier molecular flexibility index (Phi) is 4.92. The summed E-state index contributed by atoms with van der Waals surface area (Å²) in [6.45, 7) is 8.90. The summed E-state index contributed by atoms with van der Waals surface area (Å²) in [4.78, 5) is 0. The van der Waals surface area contributed by atoms with Crippen molar-refractivity contribution in [3.8, 4) is 0 Å². The third-order valence-electron chi connectivity index (χ3n) is 4.67. The average molecular weight is 287 g/mol. The van der Waals surface area contributed by atoms with Crippen LogP contribution in [0, 0.1) is 0 Å². The first-order valence-electron chi connectivity index (χ1n) is 7.52. The van der Waals surface area contributed by atoms with Crippen LogP contribution in [0.4, 0.5) is 0 Å². The Balaban J connectivity index is 2.28. The second-order valence-corrected chi connectivity index (χ2v) is 10.3. The van der Waals surface area contributed by atoms with Gasteiger partial charge in [-0.1, -0.05) is 38.8 Å². The maximum absolute atomic E-state index is 7.20. The Morgan fingerprint density at radius 2 is 1.61 bits per heavy atom. The number of hydrogen-bond donors (Lipinski definition) is 0. The van der Waals surface area contributed by atoms with Crippen molar-refractivity contribution in [3.05, 3.63) is 12.2 Å². The van der Waals surface area contributed by atoms with Gasteiger partial charge in [0.2, 0.25) is 0 Å². The Morgan fingerprint density at radius 1 is 1.11 bits per heavy atom. The molecule has 1 saturated carbocycles. The molecule has 18 heavy (non-hydrogen) atoms. The molecule has 0 aromatic rings. The Morgan fingerprint density at radius 3 is 2.00 bits per heavy atom. The molecule has 2 aliphatic rings. The molecule has 1 aliphatic carbocycles. The van der Waals surface area contributed by atoms with Crippen molar-refractivity contribution in [2.24, 2.45) is 0 Å². The van der Waals surface area contributed by atoms with E-state index in [2.05, 4.69) is 42.1 Å². The Labute approximate surface area is 118 Å². The highest BCUT2D eigenvalue weighted by atomic mass is 35.6. The number of rotatable bonds is 4. The summed E-state index contributed by atoms with van der Waals surface area (Å²) in [5, 5.41) is 0. The van der Waals surface area contributed by atoms with E-state index in [9.17, 15) is 0 Å². The number of likely N-dealkylation sites (N-methyl/N-ethyl adjacent to an activating group) is 2. The lowest BCUT2D eigenvalue weighted by Gasteiger charge is -2.35. The molecule has 0 spiro atoms. The predicted molar refractivity (Wildman–Crippen MR) is 82.0 cm³/mol. The van der Waals surface area contributed by atoms with Crippen LogP contribution in [0.3, 0.4) is 0 Å². The zero-order valence-corrected chi connectivity index (χ0v) is 13.8. The fourth-order valence-electron chi connectivity index (χ4n) is 3.95. The fourth-order valence-corrected chi connectivity index (χ4v) is 9.61. The van der Waals surface area contributed by atoms with Gasteiger partial charge in [0, 0.05) is 18.1 Å². The number of fused-ring (bicyclic) bond motifs is 1. The van der Waals surface area contributed by atoms with E-state index in [1.165, 1.54) is 25.7 Å². The molecule has 4 heteroatoms. The molecule has 0 unspecified atom stereocenters. The molecule has 2 atom stereocenters. The van der Waals surface area contributed by atoms with E-state index in [1.807, 2.05) is 0 Å². The third kappa shape index (κ3) is 2.31. The van der Waals surface area contributed by atoms with E-state index in [4.69, 9.17) is 11.1 Å². The standard InChI is InChI=1S/C14H27ClN2Si/c1-4-7-12-18(15)16(5-2)13-10-8-9-11-14(13)17(18)6-3/h4,7,13-14H,5-6,8-12H2,1-3H3/b7-4-/t13-,14-/m0/s1. The van der Waals surface area contributed by atoms with Crippen LogP contribution in [0.5, 0.6) is 0 Å². The molecule has 0 amide bonds. The summed E-state index contributed by atoms with van der Waals surface area (Å²) >= 11 is 7.20. The largest absolute Gasteiger partial charge is 0.311 e. The molecule has 1 aliphatic heterocycles. The summed E-state index contributed by atoms with van der Waals surface area (Å²) in [7, 11) is -1.94. The first-order valence-corrected chi connectivity index (χ1v) is 10.6. The monoisotopic (exact) mass is 286 g/mol. The molecule has 2 fully saturated rings. The van der Waals surface area contributed by atoms with Gasteiger partial charge in [0.05, 0.1) is 0 Å². The molecule has 0 aromatic heterocycles. The molecule has 0 N–H and O–H groups in total. The smallest absolute Gasteiger partial charge is 0.295 e. The Bertz CT molecular complexity index is 288. The molecular formula is C14H27ClN2Si. The average Bonchev–Trinajstić information content (AvgIpc) is 2.64. The number of allylic oxidation sites excluding steroid dienone is 2. The summed E-state index contributed by atoms with van der Waals surface area (Å²) in [6.07, 6.45) is 9.92. The first-order chi connectivity index (χ1) is 8.69. The van der Waals surface area contributed by atoms with Gasteiger partial charge in [-0.3, -0.25) is 9.13 Å². The van der Waals surface area contributed by atoms with Crippen LogP contribution in [0.15, 0.2) is 12.2 Å². The normalized spacial score (nSPS) is 33.1. The molecular weight excluding hydrogens is 260 g/mol. The second kappa shape index (κ2) is 6.08. The van der Waals surface area contributed by atoms with Crippen molar-refractivity contribution in [1.29, 1.82) is 0 Å². The first kappa shape index (κ1) is 14.6. The van der Waals surface area contributed by atoms with Crippen LogP contribution in [-0.4, -0.2) is 42.0 Å².